The van der Waals surface area contributed by atoms with Gasteiger partial charge < -0.3 is 4.90 Å². The van der Waals surface area contributed by atoms with Gasteiger partial charge in [-0.3, -0.25) is 0 Å². The van der Waals surface area contributed by atoms with Gasteiger partial charge in [-0.2, -0.15) is 0 Å². The Morgan fingerprint density at radius 3 is 1.38 bits per heavy atom. The van der Waals surface area contributed by atoms with Crippen molar-refractivity contribution in [2.45, 2.75) is 110 Å². The van der Waals surface area contributed by atoms with E-state index in [0.717, 1.165) is 82.9 Å². The Balaban J connectivity index is 0.983. The number of rotatable bonds is 8. The molecule has 10 aromatic carbocycles. The second-order valence-corrected chi connectivity index (χ2v) is 29.5. The molecule has 0 fully saturated rings. The van der Waals surface area contributed by atoms with Crippen molar-refractivity contribution < 1.29 is 24.1 Å². The number of anilines is 6. The van der Waals surface area contributed by atoms with Gasteiger partial charge in [0, 0.05) is 11.9 Å². The van der Waals surface area contributed by atoms with Crippen LogP contribution in [0.5, 0.6) is 11.5 Å². The van der Waals surface area contributed by atoms with Crippen LogP contribution in [0.25, 0.3) is 44.7 Å². The fourth-order valence-electron chi connectivity index (χ4n) is 13.7. The van der Waals surface area contributed by atoms with Gasteiger partial charge in [0.05, 0.1) is 11.4 Å². The average molecular weight is 1360 g/mol. The predicted octanol–water partition coefficient (Wildman–Crippen LogP) is 22.2. The maximum absolute atomic E-state index is 7.32. The Bertz CT molecular complexity index is 4690. The van der Waals surface area contributed by atoms with E-state index < -0.39 is 5.41 Å². The fourth-order valence-corrected chi connectivity index (χ4v) is 14.8. The van der Waals surface area contributed by atoms with Crippen LogP contribution in [0.3, 0.4) is 0 Å². The van der Waals surface area contributed by atoms with Gasteiger partial charge >= 0.3 is 331 Å². The quantitative estimate of drug-likeness (QED) is 0.152. The Kier molecular flexibility index (Phi) is 14.2. The van der Waals surface area contributed by atoms with E-state index in [1.54, 1.807) is 0 Å². The van der Waals surface area contributed by atoms with E-state index in [2.05, 4.69) is 364 Å². The Hall–Kier alpha value is -9.09. The first-order valence-corrected chi connectivity index (χ1v) is 32.6. The first kappa shape index (κ1) is 58.6. The van der Waals surface area contributed by atoms with Gasteiger partial charge in [0.15, 0.2) is 0 Å². The summed E-state index contributed by atoms with van der Waals surface area (Å²) in [6.07, 6.45) is 1.97. The van der Waals surface area contributed by atoms with Crippen molar-refractivity contribution in [1.29, 1.82) is 0 Å². The molecule has 0 aliphatic carbocycles. The number of imidazole rings is 1. The minimum atomic E-state index is -0.791. The minimum absolute atomic E-state index is 0.0986. The molecule has 7 heteroatoms. The summed E-state index contributed by atoms with van der Waals surface area (Å²) in [6.45, 7) is 27.7. The summed E-state index contributed by atoms with van der Waals surface area (Å²) in [5, 5.41) is 0. The third kappa shape index (κ3) is 9.90. The first-order valence-electron chi connectivity index (χ1n) is 31.5. The Morgan fingerprint density at radius 1 is 0.356 bits per heavy atom. The van der Waals surface area contributed by atoms with E-state index in [4.69, 9.17) is 9.72 Å². The van der Waals surface area contributed by atoms with Crippen molar-refractivity contribution in [2.75, 3.05) is 9.80 Å². The normalized spacial score (nSPS) is 13.7. The van der Waals surface area contributed by atoms with Gasteiger partial charge in [-0.05, 0) is 63.3 Å². The van der Waals surface area contributed by atoms with Crippen molar-refractivity contribution in [3.8, 4) is 45.1 Å². The molecule has 0 amide bonds. The van der Waals surface area contributed by atoms with Crippen LogP contribution in [0, 0.1) is 3.80 Å². The molecule has 12 aromatic rings. The van der Waals surface area contributed by atoms with Crippen molar-refractivity contribution in [3.63, 3.8) is 0 Å². The van der Waals surface area contributed by atoms with E-state index in [1.165, 1.54) is 50.1 Å². The standard InChI is InChI=1S/C83H77N5O.Pt/c1-79(2,3)57-39-42-68-74(49-57)87(61-31-20-15-21-32-61)75-50-58(80(4,5)6)40-43-69(75)83(68)67-35-22-23-36-71(67)88(77-51-59(45-46-84-77)81(7,8)9)76-53-64(41-44-70(76)83)89-63-34-26-33-62(52-63)85-54-86(73-38-25-24-37-72(73)85)78-65(55-27-16-13-17-28-55)47-60(82(10,11)12)48-66(78)56-29-18-14-19-30-56;/h13-53H,1-12H3;. The topological polar surface area (TPSA) is 38.5 Å². The molecule has 0 bridgehead atoms. The monoisotopic (exact) mass is 1350 g/mol. The van der Waals surface area contributed by atoms with Crippen LogP contribution in [-0.2, 0) is 46.4 Å². The number of benzene rings is 10. The van der Waals surface area contributed by atoms with Crippen LogP contribution >= 0.6 is 0 Å². The van der Waals surface area contributed by atoms with Crippen LogP contribution in [0.4, 0.5) is 34.3 Å². The van der Waals surface area contributed by atoms with Crippen LogP contribution in [0.2, 0.25) is 0 Å². The third-order valence-electron chi connectivity index (χ3n) is 18.4. The Morgan fingerprint density at radius 2 is 0.811 bits per heavy atom. The SMILES string of the molecule is CC(C)(C)c1ccnc(N2c3ccccc3C3(c4ccc(C(C)(C)C)cc4N(c4ccccc4)c4cc(C(C)(C)C)ccc43)c3ccc(Oc4cccc(-n5[c](=[Pt])n(-c6c(-c7ccccc7)cc(C(C)(C)C)cc6-c6ccccc6)c6ccccc65)c4)cc32)c1. The van der Waals surface area contributed by atoms with Gasteiger partial charge in [0.1, 0.15) is 0 Å². The summed E-state index contributed by atoms with van der Waals surface area (Å²) in [5.41, 5.74) is 23.0. The molecule has 0 unspecified atom stereocenters. The molecular formula is C83H77N5OPt. The van der Waals surface area contributed by atoms with Crippen LogP contribution in [-0.4, -0.2) is 14.1 Å². The zero-order valence-corrected chi connectivity index (χ0v) is 55.9. The zero-order chi connectivity index (χ0) is 62.6. The van der Waals surface area contributed by atoms with Crippen LogP contribution in [0.1, 0.15) is 128 Å². The molecule has 0 radical (unpaired) electrons. The van der Waals surface area contributed by atoms with Gasteiger partial charge in [0.2, 0.25) is 0 Å². The predicted molar refractivity (Wildman–Crippen MR) is 371 cm³/mol. The van der Waals surface area contributed by atoms with Gasteiger partial charge in [0.25, 0.3) is 0 Å². The zero-order valence-electron chi connectivity index (χ0n) is 53.6. The van der Waals surface area contributed by atoms with Crippen LogP contribution < -0.4 is 14.5 Å². The Labute approximate surface area is 542 Å². The molecule has 4 heterocycles. The molecule has 0 N–H and O–H groups in total. The summed E-state index contributed by atoms with van der Waals surface area (Å²) in [7, 11) is 0. The molecule has 1 spiro atoms. The van der Waals surface area contributed by atoms with E-state index in [9.17, 15) is 0 Å². The number of para-hydroxylation sites is 4. The summed E-state index contributed by atoms with van der Waals surface area (Å²) >= 11 is 2.55. The molecule has 6 nitrogen and oxygen atoms in total. The molecule has 2 aliphatic rings. The average Bonchev–Trinajstić information content (AvgIpc) is 0.800. The number of fused-ring (bicyclic) bond motifs is 9. The van der Waals surface area contributed by atoms with E-state index in [-0.39, 0.29) is 21.7 Å². The van der Waals surface area contributed by atoms with Gasteiger partial charge in [-0.15, -0.1) is 0 Å². The van der Waals surface area contributed by atoms with E-state index >= 15 is 0 Å². The molecule has 2 aliphatic heterocycles. The molecule has 450 valence electrons. The number of hydrogen-bond acceptors (Lipinski definition) is 4. The second-order valence-electron chi connectivity index (χ2n) is 28.5. The second kappa shape index (κ2) is 21.8. The van der Waals surface area contributed by atoms with Gasteiger partial charge in [-0.1, -0.05) is 123 Å². The molecule has 14 rings (SSSR count). The first-order chi connectivity index (χ1) is 43.1. The molecule has 90 heavy (non-hydrogen) atoms. The van der Waals surface area contributed by atoms with Crippen LogP contribution in [0.15, 0.2) is 249 Å². The summed E-state index contributed by atoms with van der Waals surface area (Å²) in [5.74, 6) is 2.28. The van der Waals surface area contributed by atoms with Crippen molar-refractivity contribution >= 4 is 45.3 Å². The van der Waals surface area contributed by atoms with Gasteiger partial charge in [-0.25, -0.2) is 0 Å². The summed E-state index contributed by atoms with van der Waals surface area (Å²) in [4.78, 5) is 10.2. The molecule has 0 atom stereocenters. The third-order valence-corrected chi connectivity index (χ3v) is 19.4. The summed E-state index contributed by atoms with van der Waals surface area (Å²) < 4.78 is 13.2. The number of aromatic nitrogens is 3. The molecular weight excluding hydrogens is 1280 g/mol. The molecule has 0 saturated heterocycles. The molecule has 2 aromatic heterocycles. The maximum atomic E-state index is 7.32. The van der Waals surface area contributed by atoms with Crippen molar-refractivity contribution in [3.05, 3.63) is 297 Å². The van der Waals surface area contributed by atoms with E-state index in [0.29, 0.717) is 5.75 Å². The number of nitrogens with zero attached hydrogens (tertiary/aromatic N) is 5. The summed E-state index contributed by atoms with van der Waals surface area (Å²) in [6, 6.07) is 89.7. The number of hydrogen-bond donors (Lipinski definition) is 0. The van der Waals surface area contributed by atoms with Crippen molar-refractivity contribution in [1.82, 2.24) is 14.1 Å². The number of ether oxygens (including phenoxy) is 1. The van der Waals surface area contributed by atoms with Crippen molar-refractivity contribution in [2.24, 2.45) is 0 Å². The molecule has 0 saturated carbocycles. The fraction of sp³-hybridized carbons (Fsp3) is 0.205. The number of pyridine rings is 1. The van der Waals surface area contributed by atoms with E-state index in [1.807, 2.05) is 6.20 Å².